The van der Waals surface area contributed by atoms with Crippen molar-refractivity contribution in [2.24, 2.45) is 0 Å². The zero-order chi connectivity index (χ0) is 17.6. The van der Waals surface area contributed by atoms with Gasteiger partial charge in [-0.2, -0.15) is 10.1 Å². The number of hydrogen-bond acceptors (Lipinski definition) is 6. The first-order chi connectivity index (χ1) is 12.1. The number of aromatic nitrogens is 3. The maximum Gasteiger partial charge on any atom is 0.249 e. The number of anilines is 4. The van der Waals surface area contributed by atoms with E-state index in [9.17, 15) is 0 Å². The van der Waals surface area contributed by atoms with Crippen LogP contribution in [0.15, 0.2) is 54.7 Å². The van der Waals surface area contributed by atoms with Gasteiger partial charge < -0.3 is 15.4 Å². The topological polar surface area (TPSA) is 72.0 Å². The minimum absolute atomic E-state index is 0.425. The molecule has 0 bridgehead atoms. The Balaban J connectivity index is 1.70. The summed E-state index contributed by atoms with van der Waals surface area (Å²) in [6, 6.07) is 15.8. The second-order valence-corrected chi connectivity index (χ2v) is 5.92. The first kappa shape index (κ1) is 16.7. The highest BCUT2D eigenvalue weighted by Gasteiger charge is 2.04. The monoisotopic (exact) mass is 335 g/mol. The molecule has 6 heteroatoms. The van der Waals surface area contributed by atoms with E-state index in [4.69, 9.17) is 4.74 Å². The normalized spacial score (nSPS) is 10.6. The van der Waals surface area contributed by atoms with Crippen molar-refractivity contribution in [1.82, 2.24) is 15.2 Å². The van der Waals surface area contributed by atoms with Crippen LogP contribution in [0.25, 0.3) is 0 Å². The highest BCUT2D eigenvalue weighted by Crippen LogP contribution is 2.21. The van der Waals surface area contributed by atoms with Crippen LogP contribution >= 0.6 is 0 Å². The standard InChI is InChI=1S/C19H21N5O/c1-13(2)14-4-6-15(7-5-14)21-18-12-20-24-19(23-18)22-16-8-10-17(25-3)11-9-16/h4-13H,1-3H3,(H2,21,22,23,24). The third-order valence-corrected chi connectivity index (χ3v) is 3.75. The molecular formula is C19H21N5O. The quantitative estimate of drug-likeness (QED) is 0.691. The lowest BCUT2D eigenvalue weighted by atomic mass is 10.0. The molecule has 2 aromatic carbocycles. The molecule has 0 fully saturated rings. The van der Waals surface area contributed by atoms with Gasteiger partial charge >= 0.3 is 0 Å². The van der Waals surface area contributed by atoms with Crippen LogP contribution in [0.5, 0.6) is 5.75 Å². The van der Waals surface area contributed by atoms with Gasteiger partial charge in [-0.1, -0.05) is 26.0 Å². The zero-order valence-electron chi connectivity index (χ0n) is 14.5. The lowest BCUT2D eigenvalue weighted by Gasteiger charge is -2.10. The molecule has 0 saturated carbocycles. The lowest BCUT2D eigenvalue weighted by Crippen LogP contribution is -2.02. The minimum atomic E-state index is 0.425. The molecule has 0 aliphatic rings. The van der Waals surface area contributed by atoms with Crippen molar-refractivity contribution in [3.8, 4) is 5.75 Å². The third kappa shape index (κ3) is 4.44. The Morgan fingerprint density at radius 1 is 0.880 bits per heavy atom. The number of rotatable bonds is 6. The number of nitrogens with zero attached hydrogens (tertiary/aromatic N) is 3. The van der Waals surface area contributed by atoms with E-state index < -0.39 is 0 Å². The first-order valence-electron chi connectivity index (χ1n) is 8.12. The van der Waals surface area contributed by atoms with Crippen molar-refractivity contribution in [2.75, 3.05) is 17.7 Å². The number of nitrogens with one attached hydrogen (secondary N) is 2. The molecule has 0 saturated heterocycles. The molecule has 0 spiro atoms. The maximum atomic E-state index is 5.15. The average Bonchev–Trinajstić information content (AvgIpc) is 2.63. The second kappa shape index (κ2) is 7.61. The summed E-state index contributed by atoms with van der Waals surface area (Å²) in [5, 5.41) is 14.4. The Labute approximate surface area is 147 Å². The molecule has 128 valence electrons. The largest absolute Gasteiger partial charge is 0.497 e. The van der Waals surface area contributed by atoms with Crippen LogP contribution < -0.4 is 15.4 Å². The van der Waals surface area contributed by atoms with Crippen LogP contribution in [0.2, 0.25) is 0 Å². The summed E-state index contributed by atoms with van der Waals surface area (Å²) in [6.45, 7) is 4.35. The van der Waals surface area contributed by atoms with Gasteiger partial charge in [0.05, 0.1) is 13.3 Å². The molecule has 0 unspecified atom stereocenters. The van der Waals surface area contributed by atoms with Crippen molar-refractivity contribution < 1.29 is 4.74 Å². The van der Waals surface area contributed by atoms with Crippen molar-refractivity contribution in [1.29, 1.82) is 0 Å². The predicted molar refractivity (Wildman–Crippen MR) is 99.9 cm³/mol. The summed E-state index contributed by atoms with van der Waals surface area (Å²) >= 11 is 0. The maximum absolute atomic E-state index is 5.15. The Morgan fingerprint density at radius 2 is 1.52 bits per heavy atom. The van der Waals surface area contributed by atoms with Gasteiger partial charge in [-0.15, -0.1) is 5.10 Å². The molecule has 2 N–H and O–H groups in total. The molecule has 1 aromatic heterocycles. The molecule has 0 amide bonds. The van der Waals surface area contributed by atoms with Gasteiger partial charge in [0.1, 0.15) is 5.75 Å². The average molecular weight is 335 g/mol. The van der Waals surface area contributed by atoms with Gasteiger partial charge in [-0.05, 0) is 47.9 Å². The lowest BCUT2D eigenvalue weighted by molar-refractivity contribution is 0.415. The van der Waals surface area contributed by atoms with Crippen molar-refractivity contribution in [3.05, 3.63) is 60.3 Å². The molecule has 0 aliphatic carbocycles. The van der Waals surface area contributed by atoms with E-state index >= 15 is 0 Å². The second-order valence-electron chi connectivity index (χ2n) is 5.92. The fourth-order valence-corrected chi connectivity index (χ4v) is 2.32. The van der Waals surface area contributed by atoms with E-state index in [2.05, 4.69) is 51.8 Å². The van der Waals surface area contributed by atoms with Crippen molar-refractivity contribution in [2.45, 2.75) is 19.8 Å². The van der Waals surface area contributed by atoms with E-state index in [1.54, 1.807) is 13.3 Å². The van der Waals surface area contributed by atoms with E-state index in [0.29, 0.717) is 17.7 Å². The van der Waals surface area contributed by atoms with E-state index in [-0.39, 0.29) is 0 Å². The fraction of sp³-hybridized carbons (Fsp3) is 0.211. The van der Waals surface area contributed by atoms with Crippen molar-refractivity contribution in [3.63, 3.8) is 0 Å². The highest BCUT2D eigenvalue weighted by molar-refractivity contribution is 5.59. The SMILES string of the molecule is COc1ccc(Nc2nncc(Nc3ccc(C(C)C)cc3)n2)cc1. The third-order valence-electron chi connectivity index (χ3n) is 3.75. The summed E-state index contributed by atoms with van der Waals surface area (Å²) < 4.78 is 5.15. The van der Waals surface area contributed by atoms with Crippen LogP contribution in [0.4, 0.5) is 23.1 Å². The van der Waals surface area contributed by atoms with Gasteiger partial charge in [-0.3, -0.25) is 0 Å². The number of methoxy groups -OCH3 is 1. The Kier molecular flexibility index (Phi) is 5.09. The molecule has 0 atom stereocenters. The predicted octanol–water partition coefficient (Wildman–Crippen LogP) is 4.49. The minimum Gasteiger partial charge on any atom is -0.497 e. The summed E-state index contributed by atoms with van der Waals surface area (Å²) in [5.41, 5.74) is 3.12. The van der Waals surface area contributed by atoms with E-state index in [1.165, 1.54) is 5.56 Å². The Hall–Kier alpha value is -3.15. The van der Waals surface area contributed by atoms with Gasteiger partial charge in [0.25, 0.3) is 0 Å². The summed E-state index contributed by atoms with van der Waals surface area (Å²) in [7, 11) is 1.64. The molecule has 3 rings (SSSR count). The summed E-state index contributed by atoms with van der Waals surface area (Å²) in [5.74, 6) is 2.36. The molecule has 6 nitrogen and oxygen atoms in total. The zero-order valence-corrected chi connectivity index (χ0v) is 14.5. The van der Waals surface area contributed by atoms with Crippen LogP contribution in [0.3, 0.4) is 0 Å². The molecule has 25 heavy (non-hydrogen) atoms. The molecular weight excluding hydrogens is 314 g/mol. The number of ether oxygens (including phenoxy) is 1. The van der Waals surface area contributed by atoms with Gasteiger partial charge in [-0.25, -0.2) is 0 Å². The highest BCUT2D eigenvalue weighted by atomic mass is 16.5. The Bertz CT molecular complexity index is 816. The summed E-state index contributed by atoms with van der Waals surface area (Å²) in [6.07, 6.45) is 1.59. The smallest absolute Gasteiger partial charge is 0.249 e. The van der Waals surface area contributed by atoms with Crippen molar-refractivity contribution >= 4 is 23.1 Å². The van der Waals surface area contributed by atoms with Crippen LogP contribution in [0, 0.1) is 0 Å². The Morgan fingerprint density at radius 3 is 2.16 bits per heavy atom. The van der Waals surface area contributed by atoms with Gasteiger partial charge in [0.2, 0.25) is 5.95 Å². The van der Waals surface area contributed by atoms with Gasteiger partial charge in [0.15, 0.2) is 5.82 Å². The fourth-order valence-electron chi connectivity index (χ4n) is 2.32. The van der Waals surface area contributed by atoms with Gasteiger partial charge in [0, 0.05) is 11.4 Å². The summed E-state index contributed by atoms with van der Waals surface area (Å²) in [4.78, 5) is 4.44. The van der Waals surface area contributed by atoms with E-state index in [0.717, 1.165) is 17.1 Å². The van der Waals surface area contributed by atoms with Crippen LogP contribution in [-0.4, -0.2) is 22.3 Å². The van der Waals surface area contributed by atoms with E-state index in [1.807, 2.05) is 36.4 Å². The molecule has 3 aromatic rings. The van der Waals surface area contributed by atoms with Crippen LogP contribution in [-0.2, 0) is 0 Å². The molecule has 0 aliphatic heterocycles. The first-order valence-corrected chi connectivity index (χ1v) is 8.12. The van der Waals surface area contributed by atoms with Crippen LogP contribution in [0.1, 0.15) is 25.3 Å². The number of hydrogen-bond donors (Lipinski definition) is 2. The molecule has 0 radical (unpaired) electrons. The molecule has 1 heterocycles. The number of benzene rings is 2.